The largest absolute Gasteiger partial charge is 0.480 e. The fourth-order valence-corrected chi connectivity index (χ4v) is 2.74. The molecule has 1 saturated heterocycles. The number of hydrogen-bond acceptors (Lipinski definition) is 3. The third kappa shape index (κ3) is 3.10. The molecule has 1 unspecified atom stereocenters. The average molecular weight is 279 g/mol. The molecule has 0 radical (unpaired) electrons. The molecule has 1 N–H and O–H groups in total. The van der Waals surface area contributed by atoms with Crippen molar-refractivity contribution in [2.75, 3.05) is 12.8 Å². The van der Waals surface area contributed by atoms with Gasteiger partial charge in [0.25, 0.3) is 5.91 Å². The Bertz CT molecular complexity index is 472. The number of amides is 1. The van der Waals surface area contributed by atoms with Crippen molar-refractivity contribution in [1.82, 2.24) is 4.90 Å². The molecule has 1 aliphatic rings. The van der Waals surface area contributed by atoms with Gasteiger partial charge in [-0.3, -0.25) is 4.79 Å². The lowest BCUT2D eigenvalue weighted by molar-refractivity contribution is -0.143. The summed E-state index contributed by atoms with van der Waals surface area (Å²) >= 11 is 1.61. The van der Waals surface area contributed by atoms with Crippen molar-refractivity contribution in [3.8, 4) is 0 Å². The summed E-state index contributed by atoms with van der Waals surface area (Å²) in [5.41, 5.74) is 0.561. The third-order valence-electron chi connectivity index (χ3n) is 3.39. The molecule has 1 aromatic rings. The number of carbonyl (C=O) groups is 2. The molecule has 1 heterocycles. The zero-order chi connectivity index (χ0) is 13.8. The Morgan fingerprint density at radius 2 is 1.95 bits per heavy atom. The predicted molar refractivity (Wildman–Crippen MR) is 74.5 cm³/mol. The Kier molecular flexibility index (Phi) is 4.47. The molecule has 0 saturated carbocycles. The molecule has 1 fully saturated rings. The van der Waals surface area contributed by atoms with Crippen LogP contribution in [0.1, 0.15) is 29.6 Å². The summed E-state index contributed by atoms with van der Waals surface area (Å²) in [7, 11) is 0. The SMILES string of the molecule is CSc1ccc(C(=O)N2CCCCC2C(=O)O)cc1. The van der Waals surface area contributed by atoms with E-state index in [1.807, 2.05) is 18.4 Å². The highest BCUT2D eigenvalue weighted by atomic mass is 32.2. The average Bonchev–Trinajstić information content (AvgIpc) is 2.46. The van der Waals surface area contributed by atoms with E-state index in [4.69, 9.17) is 0 Å². The normalized spacial score (nSPS) is 19.2. The van der Waals surface area contributed by atoms with Crippen LogP contribution in [0.15, 0.2) is 29.2 Å². The first-order valence-corrected chi connectivity index (χ1v) is 7.54. The van der Waals surface area contributed by atoms with E-state index in [9.17, 15) is 14.7 Å². The number of nitrogens with zero attached hydrogens (tertiary/aromatic N) is 1. The van der Waals surface area contributed by atoms with Crippen LogP contribution in [0.2, 0.25) is 0 Å². The van der Waals surface area contributed by atoms with Crippen LogP contribution in [0, 0.1) is 0 Å². The van der Waals surface area contributed by atoms with Crippen LogP contribution in [0.3, 0.4) is 0 Å². The van der Waals surface area contributed by atoms with E-state index >= 15 is 0 Å². The quantitative estimate of drug-likeness (QED) is 0.864. The number of piperidine rings is 1. The summed E-state index contributed by atoms with van der Waals surface area (Å²) in [4.78, 5) is 26.1. The lowest BCUT2D eigenvalue weighted by Gasteiger charge is -2.33. The number of carboxylic acid groups (broad SMARTS) is 1. The summed E-state index contributed by atoms with van der Waals surface area (Å²) < 4.78 is 0. The molecule has 102 valence electrons. The van der Waals surface area contributed by atoms with Gasteiger partial charge in [0.1, 0.15) is 6.04 Å². The van der Waals surface area contributed by atoms with Crippen molar-refractivity contribution in [3.05, 3.63) is 29.8 Å². The maximum atomic E-state index is 12.4. The highest BCUT2D eigenvalue weighted by molar-refractivity contribution is 7.98. The minimum atomic E-state index is -0.909. The molecule has 1 aliphatic heterocycles. The van der Waals surface area contributed by atoms with Crippen LogP contribution in [0.4, 0.5) is 0 Å². The maximum Gasteiger partial charge on any atom is 0.326 e. The molecule has 4 nitrogen and oxygen atoms in total. The third-order valence-corrected chi connectivity index (χ3v) is 4.13. The number of benzene rings is 1. The van der Waals surface area contributed by atoms with Crippen molar-refractivity contribution in [2.24, 2.45) is 0 Å². The van der Waals surface area contributed by atoms with Gasteiger partial charge in [0.15, 0.2) is 0 Å². The fourth-order valence-electron chi connectivity index (χ4n) is 2.33. The van der Waals surface area contributed by atoms with Crippen LogP contribution in [0.5, 0.6) is 0 Å². The highest BCUT2D eigenvalue weighted by Crippen LogP contribution is 2.21. The predicted octanol–water partition coefficient (Wildman–Crippen LogP) is 2.49. The lowest BCUT2D eigenvalue weighted by Crippen LogP contribution is -2.47. The van der Waals surface area contributed by atoms with Gasteiger partial charge in [-0.1, -0.05) is 0 Å². The van der Waals surface area contributed by atoms with E-state index < -0.39 is 12.0 Å². The van der Waals surface area contributed by atoms with Crippen LogP contribution in [0.25, 0.3) is 0 Å². The van der Waals surface area contributed by atoms with Crippen LogP contribution in [-0.2, 0) is 4.79 Å². The topological polar surface area (TPSA) is 57.6 Å². The van der Waals surface area contributed by atoms with E-state index in [1.54, 1.807) is 23.9 Å². The summed E-state index contributed by atoms with van der Waals surface area (Å²) in [6, 6.07) is 6.62. The second-order valence-electron chi connectivity index (χ2n) is 4.58. The molecule has 19 heavy (non-hydrogen) atoms. The molecule has 0 bridgehead atoms. The highest BCUT2D eigenvalue weighted by Gasteiger charge is 2.32. The molecule has 1 amide bonds. The van der Waals surface area contributed by atoms with Crippen LogP contribution < -0.4 is 0 Å². The zero-order valence-electron chi connectivity index (χ0n) is 10.8. The van der Waals surface area contributed by atoms with Crippen molar-refractivity contribution in [1.29, 1.82) is 0 Å². The van der Waals surface area contributed by atoms with Crippen LogP contribution >= 0.6 is 11.8 Å². The minimum Gasteiger partial charge on any atom is -0.480 e. The van der Waals surface area contributed by atoms with Gasteiger partial charge in [0.2, 0.25) is 0 Å². The molecule has 0 spiro atoms. The van der Waals surface area contributed by atoms with Gasteiger partial charge < -0.3 is 10.0 Å². The van der Waals surface area contributed by atoms with Crippen molar-refractivity contribution < 1.29 is 14.7 Å². The van der Waals surface area contributed by atoms with Crippen molar-refractivity contribution >= 4 is 23.6 Å². The number of likely N-dealkylation sites (tertiary alicyclic amines) is 1. The van der Waals surface area contributed by atoms with Gasteiger partial charge in [-0.05, 0) is 49.8 Å². The van der Waals surface area contributed by atoms with E-state index in [1.165, 1.54) is 4.90 Å². The number of hydrogen-bond donors (Lipinski definition) is 1. The van der Waals surface area contributed by atoms with Crippen molar-refractivity contribution in [3.63, 3.8) is 0 Å². The fraction of sp³-hybridized carbons (Fsp3) is 0.429. The number of rotatable bonds is 3. The summed E-state index contributed by atoms with van der Waals surface area (Å²) in [6.45, 7) is 0.528. The molecular weight excluding hydrogens is 262 g/mol. The number of carbonyl (C=O) groups excluding carboxylic acids is 1. The van der Waals surface area contributed by atoms with Gasteiger partial charge in [-0.15, -0.1) is 11.8 Å². The number of thioether (sulfide) groups is 1. The Hall–Kier alpha value is -1.49. The second-order valence-corrected chi connectivity index (χ2v) is 5.46. The molecule has 5 heteroatoms. The Balaban J connectivity index is 2.18. The standard InChI is InChI=1S/C14H17NO3S/c1-19-11-7-5-10(6-8-11)13(16)15-9-3-2-4-12(15)14(17)18/h5-8,12H,2-4,9H2,1H3,(H,17,18). The first-order valence-electron chi connectivity index (χ1n) is 6.31. The maximum absolute atomic E-state index is 12.4. The van der Waals surface area contributed by atoms with Gasteiger partial charge >= 0.3 is 5.97 Å². The Labute approximate surface area is 116 Å². The monoisotopic (exact) mass is 279 g/mol. The number of carboxylic acids is 1. The molecule has 1 atom stereocenters. The number of aliphatic carboxylic acids is 1. The van der Waals surface area contributed by atoms with Crippen molar-refractivity contribution in [2.45, 2.75) is 30.2 Å². The zero-order valence-corrected chi connectivity index (χ0v) is 11.7. The minimum absolute atomic E-state index is 0.181. The van der Waals surface area contributed by atoms with Gasteiger partial charge in [-0.2, -0.15) is 0 Å². The smallest absolute Gasteiger partial charge is 0.326 e. The summed E-state index contributed by atoms with van der Waals surface area (Å²) in [5.74, 6) is -1.09. The van der Waals surface area contributed by atoms with Gasteiger partial charge in [-0.25, -0.2) is 4.79 Å². The second kappa shape index (κ2) is 6.10. The first kappa shape index (κ1) is 13.9. The van der Waals surface area contributed by atoms with E-state index in [2.05, 4.69) is 0 Å². The van der Waals surface area contributed by atoms with E-state index in [0.29, 0.717) is 18.5 Å². The lowest BCUT2D eigenvalue weighted by atomic mass is 10.0. The molecule has 0 aromatic heterocycles. The molecule has 1 aromatic carbocycles. The van der Waals surface area contributed by atoms with Gasteiger partial charge in [0, 0.05) is 17.0 Å². The Morgan fingerprint density at radius 1 is 1.26 bits per heavy atom. The van der Waals surface area contributed by atoms with E-state index in [0.717, 1.165) is 17.7 Å². The Morgan fingerprint density at radius 3 is 2.53 bits per heavy atom. The molecule has 2 rings (SSSR count). The van der Waals surface area contributed by atoms with E-state index in [-0.39, 0.29) is 5.91 Å². The summed E-state index contributed by atoms with van der Waals surface area (Å²) in [5, 5.41) is 9.19. The molecular formula is C14H17NO3S. The first-order chi connectivity index (χ1) is 9.13. The molecule has 0 aliphatic carbocycles. The van der Waals surface area contributed by atoms with Gasteiger partial charge in [0.05, 0.1) is 0 Å². The van der Waals surface area contributed by atoms with Crippen LogP contribution in [-0.4, -0.2) is 40.7 Å². The summed E-state index contributed by atoms with van der Waals surface area (Å²) in [6.07, 6.45) is 4.26.